The Labute approximate surface area is 115 Å². The Kier molecular flexibility index (Phi) is 2.53. The van der Waals surface area contributed by atoms with Gasteiger partial charge in [0, 0.05) is 17.0 Å². The molecule has 1 atom stereocenters. The topological polar surface area (TPSA) is 31.2 Å². The number of nitrogens with zero attached hydrogens (tertiary/aromatic N) is 1. The minimum absolute atomic E-state index is 0.194. The quantitative estimate of drug-likeness (QED) is 0.799. The van der Waals surface area contributed by atoms with Crippen LogP contribution in [-0.4, -0.2) is 9.68 Å². The molecule has 0 saturated heterocycles. The molecular weight excluding hydrogens is 258 g/mol. The van der Waals surface area contributed by atoms with Crippen LogP contribution in [-0.2, 0) is 28.5 Å². The number of ether oxygens (including phenoxy) is 1. The van der Waals surface area contributed by atoms with Crippen LogP contribution >= 0.6 is 11.8 Å². The molecule has 3 heterocycles. The first-order chi connectivity index (χ1) is 9.34. The van der Waals surface area contributed by atoms with Crippen LogP contribution in [0.5, 0.6) is 0 Å². The smallest absolute Gasteiger partial charge is 0.216 e. The molecule has 1 aromatic heterocycles. The molecule has 3 nitrogen and oxygen atoms in total. The van der Waals surface area contributed by atoms with Gasteiger partial charge < -0.3 is 9.30 Å². The summed E-state index contributed by atoms with van der Waals surface area (Å²) in [5.41, 5.74) is 4.72. The van der Waals surface area contributed by atoms with Gasteiger partial charge in [-0.05, 0) is 11.6 Å². The molecule has 1 aromatic carbocycles. The molecule has 2 aliphatic rings. The van der Waals surface area contributed by atoms with Crippen molar-refractivity contribution in [3.63, 3.8) is 0 Å². The van der Waals surface area contributed by atoms with Crippen molar-refractivity contribution in [2.75, 3.05) is 0 Å². The molecule has 0 spiro atoms. The Balaban J connectivity index is 1.91. The lowest BCUT2D eigenvalue weighted by atomic mass is 10.1. The fourth-order valence-electron chi connectivity index (χ4n) is 2.91. The molecule has 1 unspecified atom stereocenters. The molecule has 0 amide bonds. The van der Waals surface area contributed by atoms with Crippen molar-refractivity contribution in [1.82, 2.24) is 4.57 Å². The third-order valence-electron chi connectivity index (χ3n) is 3.77. The fourth-order valence-corrected chi connectivity index (χ4v) is 3.82. The molecule has 0 saturated carbocycles. The lowest BCUT2D eigenvalue weighted by Gasteiger charge is -2.26. The first-order valence-corrected chi connectivity index (χ1v) is 7.34. The predicted molar refractivity (Wildman–Crippen MR) is 73.8 cm³/mol. The standard InChI is InChI=1S/C15H13NO2S/c17-15-14(10-4-2-1-3-5-10)16-12(9-19-15)6-11-7-18-8-13(11)16/h1-6,14H,7-9H2. The van der Waals surface area contributed by atoms with E-state index in [1.165, 1.54) is 28.7 Å². The van der Waals surface area contributed by atoms with Gasteiger partial charge in [-0.3, -0.25) is 4.79 Å². The van der Waals surface area contributed by atoms with Gasteiger partial charge in [-0.2, -0.15) is 0 Å². The summed E-state index contributed by atoms with van der Waals surface area (Å²) < 4.78 is 7.69. The molecule has 0 fully saturated rings. The first kappa shape index (κ1) is 11.3. The number of hydrogen-bond donors (Lipinski definition) is 0. The summed E-state index contributed by atoms with van der Waals surface area (Å²) in [5.74, 6) is 0.773. The second kappa shape index (κ2) is 4.25. The van der Waals surface area contributed by atoms with Gasteiger partial charge in [-0.25, -0.2) is 0 Å². The van der Waals surface area contributed by atoms with E-state index in [1.54, 1.807) is 0 Å². The van der Waals surface area contributed by atoms with Crippen molar-refractivity contribution >= 4 is 16.9 Å². The highest BCUT2D eigenvalue weighted by atomic mass is 32.2. The normalized spacial score (nSPS) is 21.3. The van der Waals surface area contributed by atoms with Crippen LogP contribution in [0.4, 0.5) is 0 Å². The van der Waals surface area contributed by atoms with Gasteiger partial charge in [0.15, 0.2) is 0 Å². The van der Waals surface area contributed by atoms with Crippen LogP contribution in [0.3, 0.4) is 0 Å². The number of carbonyl (C=O) groups excluding carboxylic acids is 1. The summed E-state index contributed by atoms with van der Waals surface area (Å²) in [7, 11) is 0. The number of thioether (sulfide) groups is 1. The van der Waals surface area contributed by atoms with Crippen molar-refractivity contribution in [3.05, 3.63) is 58.9 Å². The molecule has 0 N–H and O–H groups in total. The zero-order valence-electron chi connectivity index (χ0n) is 10.3. The molecule has 2 aliphatic heterocycles. The van der Waals surface area contributed by atoms with Gasteiger partial charge in [0.1, 0.15) is 6.04 Å². The van der Waals surface area contributed by atoms with Crippen LogP contribution in [0.25, 0.3) is 0 Å². The molecule has 0 bridgehead atoms. The summed E-state index contributed by atoms with van der Waals surface area (Å²) in [6.07, 6.45) is 0. The van der Waals surface area contributed by atoms with Gasteiger partial charge >= 0.3 is 0 Å². The summed E-state index contributed by atoms with van der Waals surface area (Å²) >= 11 is 1.42. The van der Waals surface area contributed by atoms with E-state index in [0.717, 1.165) is 11.3 Å². The van der Waals surface area contributed by atoms with E-state index in [2.05, 4.69) is 10.6 Å². The van der Waals surface area contributed by atoms with Crippen LogP contribution in [0.2, 0.25) is 0 Å². The molecule has 0 aliphatic carbocycles. The zero-order chi connectivity index (χ0) is 12.8. The van der Waals surface area contributed by atoms with Gasteiger partial charge in [-0.15, -0.1) is 0 Å². The zero-order valence-corrected chi connectivity index (χ0v) is 11.2. The first-order valence-electron chi connectivity index (χ1n) is 6.36. The summed E-state index contributed by atoms with van der Waals surface area (Å²) in [6, 6.07) is 12.0. The van der Waals surface area contributed by atoms with E-state index in [0.29, 0.717) is 13.2 Å². The minimum Gasteiger partial charge on any atom is -0.370 e. The second-order valence-corrected chi connectivity index (χ2v) is 5.87. The van der Waals surface area contributed by atoms with Crippen LogP contribution < -0.4 is 0 Å². The van der Waals surface area contributed by atoms with E-state index in [9.17, 15) is 4.79 Å². The van der Waals surface area contributed by atoms with E-state index in [-0.39, 0.29) is 11.2 Å². The molecule has 96 valence electrons. The third-order valence-corrected chi connectivity index (χ3v) is 4.72. The number of carbonyl (C=O) groups is 1. The maximum Gasteiger partial charge on any atom is 0.216 e. The Bertz CT molecular complexity index is 648. The number of benzene rings is 1. The fraction of sp³-hybridized carbons (Fsp3) is 0.267. The average Bonchev–Trinajstić information content (AvgIpc) is 3.01. The van der Waals surface area contributed by atoms with E-state index >= 15 is 0 Å². The lowest BCUT2D eigenvalue weighted by Crippen LogP contribution is -2.25. The Hall–Kier alpha value is -1.52. The van der Waals surface area contributed by atoms with Crippen LogP contribution in [0.1, 0.15) is 28.6 Å². The lowest BCUT2D eigenvalue weighted by molar-refractivity contribution is -0.113. The molecular formula is C15H13NO2S. The third kappa shape index (κ3) is 1.67. The maximum absolute atomic E-state index is 12.4. The number of aromatic nitrogens is 1. The van der Waals surface area contributed by atoms with Gasteiger partial charge in [0.2, 0.25) is 5.12 Å². The summed E-state index contributed by atoms with van der Waals surface area (Å²) in [5, 5.41) is 0.226. The maximum atomic E-state index is 12.4. The highest BCUT2D eigenvalue weighted by Crippen LogP contribution is 2.38. The Morgan fingerprint density at radius 2 is 2.05 bits per heavy atom. The van der Waals surface area contributed by atoms with E-state index < -0.39 is 0 Å². The number of fused-ring (bicyclic) bond motifs is 3. The molecule has 4 rings (SSSR count). The summed E-state index contributed by atoms with van der Waals surface area (Å²) in [6.45, 7) is 1.30. The van der Waals surface area contributed by atoms with Crippen molar-refractivity contribution in [1.29, 1.82) is 0 Å². The van der Waals surface area contributed by atoms with Crippen molar-refractivity contribution in [2.24, 2.45) is 0 Å². The molecule has 19 heavy (non-hydrogen) atoms. The van der Waals surface area contributed by atoms with Crippen LogP contribution in [0, 0.1) is 0 Å². The van der Waals surface area contributed by atoms with Gasteiger partial charge in [-0.1, -0.05) is 42.1 Å². The monoisotopic (exact) mass is 271 g/mol. The highest BCUT2D eigenvalue weighted by molar-refractivity contribution is 8.13. The molecule has 4 heteroatoms. The minimum atomic E-state index is -0.194. The highest BCUT2D eigenvalue weighted by Gasteiger charge is 2.34. The van der Waals surface area contributed by atoms with Crippen LogP contribution in [0.15, 0.2) is 36.4 Å². The van der Waals surface area contributed by atoms with Crippen molar-refractivity contribution in [2.45, 2.75) is 25.0 Å². The SMILES string of the molecule is O=C1SCc2cc3c(n2C1c1ccccc1)COC3. The van der Waals surface area contributed by atoms with Gasteiger partial charge in [0.25, 0.3) is 0 Å². The van der Waals surface area contributed by atoms with Crippen molar-refractivity contribution < 1.29 is 9.53 Å². The van der Waals surface area contributed by atoms with E-state index in [1.807, 2.05) is 30.3 Å². The van der Waals surface area contributed by atoms with Crippen molar-refractivity contribution in [3.8, 4) is 0 Å². The molecule has 2 aromatic rings. The molecule has 0 radical (unpaired) electrons. The largest absolute Gasteiger partial charge is 0.370 e. The van der Waals surface area contributed by atoms with Gasteiger partial charge in [0.05, 0.1) is 18.9 Å². The number of hydrogen-bond acceptors (Lipinski definition) is 3. The number of rotatable bonds is 1. The Morgan fingerprint density at radius 3 is 2.89 bits per heavy atom. The summed E-state index contributed by atoms with van der Waals surface area (Å²) in [4.78, 5) is 12.4. The van der Waals surface area contributed by atoms with E-state index in [4.69, 9.17) is 4.74 Å². The average molecular weight is 271 g/mol. The Morgan fingerprint density at radius 1 is 1.21 bits per heavy atom. The second-order valence-electron chi connectivity index (χ2n) is 4.89. The predicted octanol–water partition coefficient (Wildman–Crippen LogP) is 2.88.